The zero-order chi connectivity index (χ0) is 15.1. The minimum absolute atomic E-state index is 0.0130. The average Bonchev–Trinajstić information content (AvgIpc) is 2.94. The van der Waals surface area contributed by atoms with E-state index in [1.165, 1.54) is 18.1 Å². The molecule has 2 rings (SSSR count). The van der Waals surface area contributed by atoms with Crippen molar-refractivity contribution in [2.75, 3.05) is 11.9 Å². The molecule has 0 saturated heterocycles. The van der Waals surface area contributed by atoms with Gasteiger partial charge in [0.25, 0.3) is 0 Å². The third kappa shape index (κ3) is 5.20. The minimum Gasteiger partial charge on any atom is -0.326 e. The molecule has 0 aliphatic heterocycles. The molecule has 21 heavy (non-hydrogen) atoms. The number of hydrogen-bond donors (Lipinski definition) is 3. The molecule has 1 aromatic heterocycles. The number of aromatic nitrogens is 3. The lowest BCUT2D eigenvalue weighted by Gasteiger charge is -2.12. The van der Waals surface area contributed by atoms with Crippen LogP contribution in [0.25, 0.3) is 0 Å². The van der Waals surface area contributed by atoms with Crippen LogP contribution in [0.3, 0.4) is 0 Å². The normalized spacial score (nSPS) is 12.1. The zero-order valence-corrected chi connectivity index (χ0v) is 12.9. The summed E-state index contributed by atoms with van der Waals surface area (Å²) in [4.78, 5) is 16.9. The summed E-state index contributed by atoms with van der Waals surface area (Å²) in [5, 5.41) is 13.4. The van der Waals surface area contributed by atoms with E-state index in [4.69, 9.17) is 0 Å². The standard InChI is InChI=1S/C14H19N5OS/c1-3-15-10(2)8-13(20)18-11-4-6-12(7-5-11)21-14-16-9-17-19-14/h4-7,9-10,15H,3,8H2,1-2H3,(H,18,20)(H,16,17,19). The fourth-order valence-corrected chi connectivity index (χ4v) is 2.57. The Bertz CT molecular complexity index is 555. The quantitative estimate of drug-likeness (QED) is 0.731. The van der Waals surface area contributed by atoms with Crippen molar-refractivity contribution in [1.82, 2.24) is 20.5 Å². The van der Waals surface area contributed by atoms with Gasteiger partial charge in [-0.1, -0.05) is 18.7 Å². The highest BCUT2D eigenvalue weighted by Gasteiger charge is 2.08. The van der Waals surface area contributed by atoms with Crippen molar-refractivity contribution in [3.63, 3.8) is 0 Å². The molecular weight excluding hydrogens is 286 g/mol. The van der Waals surface area contributed by atoms with E-state index < -0.39 is 0 Å². The molecule has 1 amide bonds. The van der Waals surface area contributed by atoms with Crippen LogP contribution in [0.1, 0.15) is 20.3 Å². The van der Waals surface area contributed by atoms with Crippen molar-refractivity contribution >= 4 is 23.4 Å². The summed E-state index contributed by atoms with van der Waals surface area (Å²) in [5.41, 5.74) is 0.797. The third-order valence-electron chi connectivity index (χ3n) is 2.79. The molecule has 0 radical (unpaired) electrons. The number of nitrogens with one attached hydrogen (secondary N) is 3. The van der Waals surface area contributed by atoms with Crippen LogP contribution < -0.4 is 10.6 Å². The van der Waals surface area contributed by atoms with Gasteiger partial charge in [0.2, 0.25) is 5.91 Å². The largest absolute Gasteiger partial charge is 0.326 e. The van der Waals surface area contributed by atoms with Gasteiger partial charge < -0.3 is 10.6 Å². The zero-order valence-electron chi connectivity index (χ0n) is 12.1. The van der Waals surface area contributed by atoms with E-state index in [1.807, 2.05) is 38.1 Å². The molecule has 3 N–H and O–H groups in total. The highest BCUT2D eigenvalue weighted by atomic mass is 32.2. The van der Waals surface area contributed by atoms with Crippen LogP contribution in [-0.4, -0.2) is 33.7 Å². The average molecular weight is 305 g/mol. The van der Waals surface area contributed by atoms with Crippen molar-refractivity contribution in [3.05, 3.63) is 30.6 Å². The molecule has 7 heteroatoms. The number of H-pyrrole nitrogens is 1. The first-order valence-electron chi connectivity index (χ1n) is 6.84. The van der Waals surface area contributed by atoms with Crippen LogP contribution in [0.4, 0.5) is 5.69 Å². The summed E-state index contributed by atoms with van der Waals surface area (Å²) >= 11 is 1.49. The van der Waals surface area contributed by atoms with E-state index in [-0.39, 0.29) is 11.9 Å². The number of benzene rings is 1. The second-order valence-electron chi connectivity index (χ2n) is 4.63. The Morgan fingerprint density at radius 2 is 2.14 bits per heavy atom. The molecule has 0 fully saturated rings. The highest BCUT2D eigenvalue weighted by molar-refractivity contribution is 7.99. The highest BCUT2D eigenvalue weighted by Crippen LogP contribution is 2.25. The first kappa shape index (κ1) is 15.5. The van der Waals surface area contributed by atoms with Gasteiger partial charge in [0.05, 0.1) is 0 Å². The number of amides is 1. The molecule has 0 bridgehead atoms. The summed E-state index contributed by atoms with van der Waals surface area (Å²) in [6.45, 7) is 4.89. The molecule has 112 valence electrons. The summed E-state index contributed by atoms with van der Waals surface area (Å²) < 4.78 is 0. The number of aromatic amines is 1. The van der Waals surface area contributed by atoms with Gasteiger partial charge in [-0.2, -0.15) is 5.10 Å². The van der Waals surface area contributed by atoms with E-state index in [1.54, 1.807) is 0 Å². The molecule has 0 saturated carbocycles. The first-order valence-corrected chi connectivity index (χ1v) is 7.65. The van der Waals surface area contributed by atoms with E-state index >= 15 is 0 Å². The monoisotopic (exact) mass is 305 g/mol. The second-order valence-corrected chi connectivity index (χ2v) is 5.69. The molecule has 6 nitrogen and oxygen atoms in total. The fourth-order valence-electron chi connectivity index (χ4n) is 1.87. The Morgan fingerprint density at radius 3 is 2.76 bits per heavy atom. The van der Waals surface area contributed by atoms with Gasteiger partial charge in [-0.15, -0.1) is 0 Å². The van der Waals surface area contributed by atoms with Crippen LogP contribution in [0.15, 0.2) is 40.6 Å². The number of rotatable bonds is 7. The molecule has 1 aromatic carbocycles. The number of hydrogen-bond acceptors (Lipinski definition) is 5. The van der Waals surface area contributed by atoms with Gasteiger partial charge in [-0.3, -0.25) is 9.89 Å². The molecule has 1 unspecified atom stereocenters. The molecule has 0 aliphatic carbocycles. The summed E-state index contributed by atoms with van der Waals surface area (Å²) in [7, 11) is 0. The SMILES string of the molecule is CCNC(C)CC(=O)Nc1ccc(Sc2ncn[nH]2)cc1. The molecule has 0 aliphatic rings. The molecule has 1 heterocycles. The summed E-state index contributed by atoms with van der Waals surface area (Å²) in [5.74, 6) is 0.0130. The fraction of sp³-hybridized carbons (Fsp3) is 0.357. The van der Waals surface area contributed by atoms with E-state index in [9.17, 15) is 4.79 Å². The lowest BCUT2D eigenvalue weighted by molar-refractivity contribution is -0.116. The van der Waals surface area contributed by atoms with Gasteiger partial charge in [0.1, 0.15) is 6.33 Å². The maximum Gasteiger partial charge on any atom is 0.225 e. The summed E-state index contributed by atoms with van der Waals surface area (Å²) in [6, 6.07) is 7.83. The van der Waals surface area contributed by atoms with Gasteiger partial charge in [-0.05, 0) is 37.7 Å². The Hall–Kier alpha value is -1.86. The van der Waals surface area contributed by atoms with Crippen LogP contribution >= 0.6 is 11.8 Å². The van der Waals surface area contributed by atoms with Crippen molar-refractivity contribution in [2.24, 2.45) is 0 Å². The van der Waals surface area contributed by atoms with Crippen molar-refractivity contribution in [1.29, 1.82) is 0 Å². The number of anilines is 1. The van der Waals surface area contributed by atoms with Crippen LogP contribution in [0.2, 0.25) is 0 Å². The Balaban J connectivity index is 1.86. The van der Waals surface area contributed by atoms with Gasteiger partial charge in [0.15, 0.2) is 5.16 Å². The number of nitrogens with zero attached hydrogens (tertiary/aromatic N) is 2. The Morgan fingerprint density at radius 1 is 1.38 bits per heavy atom. The summed E-state index contributed by atoms with van der Waals surface area (Å²) in [6.07, 6.45) is 1.94. The predicted molar refractivity (Wildman–Crippen MR) is 83.3 cm³/mol. The van der Waals surface area contributed by atoms with Crippen molar-refractivity contribution < 1.29 is 4.79 Å². The van der Waals surface area contributed by atoms with E-state index in [0.29, 0.717) is 6.42 Å². The third-order valence-corrected chi connectivity index (χ3v) is 3.69. The maximum absolute atomic E-state index is 11.9. The molecular formula is C14H19N5OS. The van der Waals surface area contributed by atoms with Gasteiger partial charge in [0, 0.05) is 23.0 Å². The molecule has 0 spiro atoms. The first-order chi connectivity index (χ1) is 10.2. The van der Waals surface area contributed by atoms with E-state index in [0.717, 1.165) is 22.3 Å². The number of carbonyl (C=O) groups excluding carboxylic acids is 1. The predicted octanol–water partition coefficient (Wildman–Crippen LogP) is 2.28. The van der Waals surface area contributed by atoms with Crippen LogP contribution in [0.5, 0.6) is 0 Å². The Kier molecular flexibility index (Phi) is 5.77. The van der Waals surface area contributed by atoms with Crippen LogP contribution in [-0.2, 0) is 4.79 Å². The van der Waals surface area contributed by atoms with E-state index in [2.05, 4.69) is 25.8 Å². The maximum atomic E-state index is 11.9. The molecule has 1 atom stereocenters. The lowest BCUT2D eigenvalue weighted by atomic mass is 10.2. The topological polar surface area (TPSA) is 82.7 Å². The van der Waals surface area contributed by atoms with Crippen LogP contribution in [0, 0.1) is 0 Å². The Labute approximate surface area is 128 Å². The molecule has 2 aromatic rings. The minimum atomic E-state index is 0.0130. The smallest absolute Gasteiger partial charge is 0.225 e. The second kappa shape index (κ2) is 7.80. The van der Waals surface area contributed by atoms with Gasteiger partial charge in [-0.25, -0.2) is 4.98 Å². The van der Waals surface area contributed by atoms with Gasteiger partial charge >= 0.3 is 0 Å². The lowest BCUT2D eigenvalue weighted by Crippen LogP contribution is -2.30. The van der Waals surface area contributed by atoms with Crippen molar-refractivity contribution in [3.8, 4) is 0 Å². The number of carbonyl (C=O) groups is 1. The van der Waals surface area contributed by atoms with Crippen molar-refractivity contribution in [2.45, 2.75) is 36.4 Å².